The predicted molar refractivity (Wildman–Crippen MR) is 71.6 cm³/mol. The highest BCUT2D eigenvalue weighted by Crippen LogP contribution is 2.18. The van der Waals surface area contributed by atoms with E-state index in [-0.39, 0.29) is 31.2 Å². The van der Waals surface area contributed by atoms with Gasteiger partial charge in [-0.25, -0.2) is 0 Å². The lowest BCUT2D eigenvalue weighted by atomic mass is 10.1. The molecule has 0 fully saturated rings. The molecule has 0 aliphatic heterocycles. The van der Waals surface area contributed by atoms with Crippen LogP contribution >= 0.6 is 0 Å². The maximum Gasteiger partial charge on any atom is 0.274 e. The Bertz CT molecular complexity index is 518. The molecule has 108 valence electrons. The Morgan fingerprint density at radius 3 is 2.65 bits per heavy atom. The fraction of sp³-hybridized carbons (Fsp3) is 0.333. The molecule has 0 spiro atoms. The summed E-state index contributed by atoms with van der Waals surface area (Å²) >= 11 is 0. The van der Waals surface area contributed by atoms with Crippen molar-refractivity contribution in [3.8, 4) is 0 Å². The largest absolute Gasteiger partial charge is 0.346 e. The van der Waals surface area contributed by atoms with E-state index in [1.807, 2.05) is 0 Å². The standard InChI is InChI=1S/C12H16N4O4/c1-15(12(18)7-14-11(17)6-13)8-9-4-2-3-5-10(9)16(19)20/h2-5H,6-8,13H2,1H3,(H,14,17). The van der Waals surface area contributed by atoms with Gasteiger partial charge in [0.25, 0.3) is 5.69 Å². The van der Waals surface area contributed by atoms with E-state index in [2.05, 4.69) is 5.32 Å². The van der Waals surface area contributed by atoms with Crippen molar-refractivity contribution >= 4 is 17.5 Å². The number of benzene rings is 1. The first-order valence-electron chi connectivity index (χ1n) is 5.88. The number of nitrogens with one attached hydrogen (secondary N) is 1. The monoisotopic (exact) mass is 280 g/mol. The molecule has 8 heteroatoms. The van der Waals surface area contributed by atoms with Crippen molar-refractivity contribution in [1.29, 1.82) is 0 Å². The summed E-state index contributed by atoms with van der Waals surface area (Å²) in [5.41, 5.74) is 5.48. The van der Waals surface area contributed by atoms with Gasteiger partial charge in [-0.05, 0) is 0 Å². The van der Waals surface area contributed by atoms with E-state index >= 15 is 0 Å². The number of hydrogen-bond donors (Lipinski definition) is 2. The number of likely N-dealkylation sites (N-methyl/N-ethyl adjacent to an activating group) is 1. The van der Waals surface area contributed by atoms with Crippen LogP contribution < -0.4 is 11.1 Å². The Morgan fingerprint density at radius 2 is 2.05 bits per heavy atom. The van der Waals surface area contributed by atoms with Crippen LogP contribution in [-0.4, -0.2) is 41.8 Å². The Morgan fingerprint density at radius 1 is 1.40 bits per heavy atom. The van der Waals surface area contributed by atoms with Crippen LogP contribution in [0.4, 0.5) is 5.69 Å². The van der Waals surface area contributed by atoms with Crippen LogP contribution in [0.15, 0.2) is 24.3 Å². The van der Waals surface area contributed by atoms with Crippen molar-refractivity contribution in [2.24, 2.45) is 5.73 Å². The van der Waals surface area contributed by atoms with Gasteiger partial charge in [-0.3, -0.25) is 19.7 Å². The van der Waals surface area contributed by atoms with E-state index in [1.165, 1.54) is 18.0 Å². The SMILES string of the molecule is CN(Cc1ccccc1[N+](=O)[O-])C(=O)CNC(=O)CN. The van der Waals surface area contributed by atoms with Gasteiger partial charge in [-0.2, -0.15) is 0 Å². The third kappa shape index (κ3) is 4.32. The number of rotatable bonds is 6. The van der Waals surface area contributed by atoms with Gasteiger partial charge >= 0.3 is 0 Å². The molecule has 0 radical (unpaired) electrons. The summed E-state index contributed by atoms with van der Waals surface area (Å²) in [7, 11) is 1.51. The summed E-state index contributed by atoms with van der Waals surface area (Å²) in [5, 5.41) is 13.2. The van der Waals surface area contributed by atoms with Gasteiger partial charge in [0.15, 0.2) is 0 Å². The van der Waals surface area contributed by atoms with Crippen LogP contribution in [0.2, 0.25) is 0 Å². The zero-order valence-corrected chi connectivity index (χ0v) is 11.0. The van der Waals surface area contributed by atoms with Gasteiger partial charge in [-0.1, -0.05) is 18.2 Å². The number of hydrogen-bond acceptors (Lipinski definition) is 5. The number of nitrogens with zero attached hydrogens (tertiary/aromatic N) is 2. The summed E-state index contributed by atoms with van der Waals surface area (Å²) in [6.07, 6.45) is 0. The minimum absolute atomic E-state index is 0.0434. The Kier molecular flexibility index (Phi) is 5.60. The zero-order valence-electron chi connectivity index (χ0n) is 11.0. The molecule has 0 saturated heterocycles. The van der Waals surface area contributed by atoms with Gasteiger partial charge in [0.05, 0.1) is 24.6 Å². The van der Waals surface area contributed by atoms with Gasteiger partial charge in [0.2, 0.25) is 11.8 Å². The molecule has 0 saturated carbocycles. The first-order chi connectivity index (χ1) is 9.45. The van der Waals surface area contributed by atoms with Gasteiger partial charge in [-0.15, -0.1) is 0 Å². The second-order valence-electron chi connectivity index (χ2n) is 4.12. The topological polar surface area (TPSA) is 119 Å². The number of para-hydroxylation sites is 1. The summed E-state index contributed by atoms with van der Waals surface area (Å²) in [6, 6.07) is 6.19. The molecule has 0 aliphatic carbocycles. The van der Waals surface area contributed by atoms with E-state index < -0.39 is 10.8 Å². The molecular weight excluding hydrogens is 264 g/mol. The second kappa shape index (κ2) is 7.19. The van der Waals surface area contributed by atoms with E-state index in [0.717, 1.165) is 0 Å². The molecule has 0 aliphatic rings. The molecular formula is C12H16N4O4. The average Bonchev–Trinajstić information content (AvgIpc) is 2.44. The lowest BCUT2D eigenvalue weighted by Gasteiger charge is -2.17. The molecule has 8 nitrogen and oxygen atoms in total. The smallest absolute Gasteiger partial charge is 0.274 e. The predicted octanol–water partition coefficient (Wildman–Crippen LogP) is -0.372. The summed E-state index contributed by atoms with van der Waals surface area (Å²) in [5.74, 6) is -0.789. The van der Waals surface area contributed by atoms with E-state index in [1.54, 1.807) is 18.2 Å². The van der Waals surface area contributed by atoms with Gasteiger partial charge in [0, 0.05) is 18.7 Å². The van der Waals surface area contributed by atoms with Crippen molar-refractivity contribution in [1.82, 2.24) is 10.2 Å². The maximum atomic E-state index is 11.7. The Hall–Kier alpha value is -2.48. The summed E-state index contributed by atoms with van der Waals surface area (Å²) < 4.78 is 0. The van der Waals surface area contributed by atoms with Crippen LogP contribution in [0.1, 0.15) is 5.56 Å². The van der Waals surface area contributed by atoms with Crippen molar-refractivity contribution in [3.63, 3.8) is 0 Å². The van der Waals surface area contributed by atoms with Crippen LogP contribution in [0.5, 0.6) is 0 Å². The molecule has 1 rings (SSSR count). The van der Waals surface area contributed by atoms with Crippen molar-refractivity contribution in [2.75, 3.05) is 20.1 Å². The summed E-state index contributed by atoms with van der Waals surface area (Å²) in [4.78, 5) is 34.4. The normalized spacial score (nSPS) is 9.90. The third-order valence-corrected chi connectivity index (χ3v) is 2.64. The summed E-state index contributed by atoms with van der Waals surface area (Å²) in [6.45, 7) is -0.289. The van der Waals surface area contributed by atoms with Crippen LogP contribution in [0.3, 0.4) is 0 Å². The fourth-order valence-electron chi connectivity index (χ4n) is 1.55. The number of amides is 2. The van der Waals surface area contributed by atoms with Gasteiger partial charge in [0.1, 0.15) is 0 Å². The lowest BCUT2D eigenvalue weighted by molar-refractivity contribution is -0.385. The van der Waals surface area contributed by atoms with E-state index in [9.17, 15) is 19.7 Å². The quantitative estimate of drug-likeness (QED) is 0.544. The van der Waals surface area contributed by atoms with Crippen molar-refractivity contribution < 1.29 is 14.5 Å². The molecule has 0 aromatic heterocycles. The number of carbonyl (C=O) groups excluding carboxylic acids is 2. The fourth-order valence-corrected chi connectivity index (χ4v) is 1.55. The average molecular weight is 280 g/mol. The molecule has 0 bridgehead atoms. The number of nitro benzene ring substituents is 1. The highest BCUT2D eigenvalue weighted by atomic mass is 16.6. The molecule has 1 aromatic carbocycles. The molecule has 2 amide bonds. The molecule has 20 heavy (non-hydrogen) atoms. The molecule has 1 aromatic rings. The number of carbonyl (C=O) groups is 2. The first-order valence-corrected chi connectivity index (χ1v) is 5.88. The minimum Gasteiger partial charge on any atom is -0.346 e. The van der Waals surface area contributed by atoms with Crippen LogP contribution in [0.25, 0.3) is 0 Å². The lowest BCUT2D eigenvalue weighted by Crippen LogP contribution is -2.40. The molecule has 0 heterocycles. The maximum absolute atomic E-state index is 11.7. The molecule has 0 unspecified atom stereocenters. The van der Waals surface area contributed by atoms with Crippen molar-refractivity contribution in [3.05, 3.63) is 39.9 Å². The number of nitro groups is 1. The Labute approximate surface area is 115 Å². The minimum atomic E-state index is -0.496. The molecule has 3 N–H and O–H groups in total. The van der Waals surface area contributed by atoms with E-state index in [0.29, 0.717) is 5.56 Å². The van der Waals surface area contributed by atoms with Gasteiger partial charge < -0.3 is 16.0 Å². The first kappa shape index (κ1) is 15.6. The third-order valence-electron chi connectivity index (χ3n) is 2.64. The van der Waals surface area contributed by atoms with E-state index in [4.69, 9.17) is 5.73 Å². The Balaban J connectivity index is 2.66. The van der Waals surface area contributed by atoms with Crippen LogP contribution in [0, 0.1) is 10.1 Å². The van der Waals surface area contributed by atoms with Crippen molar-refractivity contribution in [2.45, 2.75) is 6.54 Å². The highest BCUT2D eigenvalue weighted by molar-refractivity contribution is 5.85. The van der Waals surface area contributed by atoms with Crippen LogP contribution in [-0.2, 0) is 16.1 Å². The molecule has 0 atom stereocenters. The number of nitrogens with two attached hydrogens (primary N) is 1. The second-order valence-corrected chi connectivity index (χ2v) is 4.12. The zero-order chi connectivity index (χ0) is 15.1. The highest BCUT2D eigenvalue weighted by Gasteiger charge is 2.16.